The van der Waals surface area contributed by atoms with Crippen LogP contribution < -0.4 is 10.6 Å². The largest absolute Gasteiger partial charge is 0.395 e. The van der Waals surface area contributed by atoms with Crippen LogP contribution in [0.25, 0.3) is 0 Å². The molecule has 6 N–H and O–H groups in total. The van der Waals surface area contributed by atoms with Gasteiger partial charge in [0.05, 0.1) is 37.5 Å². The molecule has 2 fully saturated rings. The van der Waals surface area contributed by atoms with Crippen LogP contribution in [0.15, 0.2) is 0 Å². The smallest absolute Gasteiger partial charge is 0.0990 e. The molecule has 0 saturated carbocycles. The maximum Gasteiger partial charge on any atom is 0.0990 e. The molecule has 0 aliphatic carbocycles. The molecule has 2 heterocycles. The van der Waals surface area contributed by atoms with E-state index >= 15 is 0 Å². The summed E-state index contributed by atoms with van der Waals surface area (Å²) in [6.07, 6.45) is 0.800. The van der Waals surface area contributed by atoms with Crippen molar-refractivity contribution in [3.8, 4) is 0 Å². The van der Waals surface area contributed by atoms with Gasteiger partial charge in [0.2, 0.25) is 0 Å². The first-order valence-electron chi connectivity index (χ1n) is 5.75. The van der Waals surface area contributed by atoms with Gasteiger partial charge in [0, 0.05) is 0 Å². The zero-order chi connectivity index (χ0) is 12.0. The number of aliphatic hydroxyl groups excluding tert-OH is 4. The van der Waals surface area contributed by atoms with Crippen molar-refractivity contribution in [2.75, 3.05) is 26.3 Å². The molecule has 0 radical (unpaired) electrons. The number of rotatable bonds is 2. The van der Waals surface area contributed by atoms with Crippen molar-refractivity contribution in [1.29, 1.82) is 0 Å². The highest BCUT2D eigenvalue weighted by Gasteiger charge is 2.39. The maximum atomic E-state index is 9.18. The molecule has 0 amide bonds. The summed E-state index contributed by atoms with van der Waals surface area (Å²) in [6.45, 7) is 2.02. The molecule has 96 valence electrons. The first-order chi connectivity index (χ1) is 7.70. The summed E-state index contributed by atoms with van der Waals surface area (Å²) in [7, 11) is 0. The van der Waals surface area contributed by atoms with E-state index < -0.39 is 24.3 Å². The molecular formula is C10H22N2O4. The van der Waals surface area contributed by atoms with E-state index in [-0.39, 0.29) is 13.2 Å². The maximum absolute atomic E-state index is 9.18. The molecule has 2 aliphatic heterocycles. The molecule has 6 heteroatoms. The van der Waals surface area contributed by atoms with E-state index in [0.717, 1.165) is 0 Å². The molecule has 0 aromatic heterocycles. The highest BCUT2D eigenvalue weighted by Crippen LogP contribution is 2.13. The SMILES string of the molecule is C1CCNC1.OCC1NC(CO)C(O)C1O. The molecule has 16 heavy (non-hydrogen) atoms. The number of hydrogen-bond donors (Lipinski definition) is 6. The zero-order valence-corrected chi connectivity index (χ0v) is 9.34. The van der Waals surface area contributed by atoms with Gasteiger partial charge in [-0.15, -0.1) is 0 Å². The minimum Gasteiger partial charge on any atom is -0.395 e. The molecule has 2 rings (SSSR count). The summed E-state index contributed by atoms with van der Waals surface area (Å²) < 4.78 is 0. The molecule has 0 bridgehead atoms. The topological polar surface area (TPSA) is 105 Å². The van der Waals surface area contributed by atoms with Gasteiger partial charge in [-0.1, -0.05) is 0 Å². The quantitative estimate of drug-likeness (QED) is 0.313. The van der Waals surface area contributed by atoms with Crippen LogP contribution in [0.5, 0.6) is 0 Å². The summed E-state index contributed by atoms with van der Waals surface area (Å²) in [5, 5.41) is 41.6. The first kappa shape index (κ1) is 13.8. The van der Waals surface area contributed by atoms with Gasteiger partial charge < -0.3 is 31.1 Å². The number of aliphatic hydroxyl groups is 4. The van der Waals surface area contributed by atoms with Crippen LogP contribution in [-0.4, -0.2) is 71.0 Å². The Balaban J connectivity index is 0.000000212. The highest BCUT2D eigenvalue weighted by molar-refractivity contribution is 4.97. The Morgan fingerprint density at radius 3 is 1.50 bits per heavy atom. The fraction of sp³-hybridized carbons (Fsp3) is 1.00. The Hall–Kier alpha value is -0.240. The van der Waals surface area contributed by atoms with Gasteiger partial charge in [-0.3, -0.25) is 0 Å². The lowest BCUT2D eigenvalue weighted by Gasteiger charge is -2.12. The summed E-state index contributed by atoms with van der Waals surface area (Å²) in [5.41, 5.74) is 0. The van der Waals surface area contributed by atoms with E-state index in [4.69, 9.17) is 10.2 Å². The number of hydrogen-bond acceptors (Lipinski definition) is 6. The standard InChI is InChI=1S/C6H13NO4.C4H9N/c8-1-3-5(10)6(11)4(2-9)7-3;1-2-4-5-3-1/h3-11H,1-2H2;5H,1-4H2. The van der Waals surface area contributed by atoms with Crippen LogP contribution in [0.1, 0.15) is 12.8 Å². The number of nitrogens with one attached hydrogen (secondary N) is 2. The van der Waals surface area contributed by atoms with Crippen molar-refractivity contribution in [3.05, 3.63) is 0 Å². The van der Waals surface area contributed by atoms with E-state index in [1.807, 2.05) is 0 Å². The molecule has 0 aromatic rings. The van der Waals surface area contributed by atoms with Crippen LogP contribution in [0.2, 0.25) is 0 Å². The fourth-order valence-corrected chi connectivity index (χ4v) is 1.89. The Kier molecular flexibility index (Phi) is 6.18. The first-order valence-corrected chi connectivity index (χ1v) is 5.75. The molecule has 2 saturated heterocycles. The van der Waals surface area contributed by atoms with Gasteiger partial charge in [-0.2, -0.15) is 0 Å². The van der Waals surface area contributed by atoms with Crippen LogP contribution in [0.3, 0.4) is 0 Å². The average molecular weight is 234 g/mol. The Bertz CT molecular complexity index is 164. The van der Waals surface area contributed by atoms with Crippen molar-refractivity contribution >= 4 is 0 Å². The molecular weight excluding hydrogens is 212 g/mol. The van der Waals surface area contributed by atoms with Crippen LogP contribution in [0.4, 0.5) is 0 Å². The Labute approximate surface area is 95.3 Å². The minimum atomic E-state index is -0.989. The molecule has 4 atom stereocenters. The second-order valence-electron chi connectivity index (χ2n) is 4.18. The van der Waals surface area contributed by atoms with Crippen LogP contribution >= 0.6 is 0 Å². The molecule has 4 unspecified atom stereocenters. The third-order valence-electron chi connectivity index (χ3n) is 2.95. The van der Waals surface area contributed by atoms with Gasteiger partial charge >= 0.3 is 0 Å². The van der Waals surface area contributed by atoms with Crippen molar-refractivity contribution in [1.82, 2.24) is 10.6 Å². The second kappa shape index (κ2) is 7.16. The molecule has 6 nitrogen and oxygen atoms in total. The van der Waals surface area contributed by atoms with Crippen molar-refractivity contribution in [2.45, 2.75) is 37.1 Å². The summed E-state index contributed by atoms with van der Waals surface area (Å²) in [5.74, 6) is 0. The van der Waals surface area contributed by atoms with E-state index in [1.54, 1.807) is 0 Å². The lowest BCUT2D eigenvalue weighted by molar-refractivity contribution is 0.0130. The van der Waals surface area contributed by atoms with Crippen molar-refractivity contribution in [2.24, 2.45) is 0 Å². The summed E-state index contributed by atoms with van der Waals surface area (Å²) in [4.78, 5) is 0. The van der Waals surface area contributed by atoms with Gasteiger partial charge in [0.15, 0.2) is 0 Å². The van der Waals surface area contributed by atoms with E-state index in [0.29, 0.717) is 0 Å². The van der Waals surface area contributed by atoms with Gasteiger partial charge in [-0.05, 0) is 25.9 Å². The van der Waals surface area contributed by atoms with E-state index in [9.17, 15) is 10.2 Å². The summed E-state index contributed by atoms with van der Waals surface area (Å²) in [6, 6.07) is -1.05. The van der Waals surface area contributed by atoms with Crippen molar-refractivity contribution < 1.29 is 20.4 Å². The van der Waals surface area contributed by atoms with Gasteiger partial charge in [0.25, 0.3) is 0 Å². The zero-order valence-electron chi connectivity index (χ0n) is 9.34. The monoisotopic (exact) mass is 234 g/mol. The molecule has 0 aromatic carbocycles. The highest BCUT2D eigenvalue weighted by atomic mass is 16.3. The second-order valence-corrected chi connectivity index (χ2v) is 4.18. The van der Waals surface area contributed by atoms with Crippen LogP contribution in [-0.2, 0) is 0 Å². The van der Waals surface area contributed by atoms with Gasteiger partial charge in [0.1, 0.15) is 0 Å². The Morgan fingerprint density at radius 2 is 1.31 bits per heavy atom. The summed E-state index contributed by atoms with van der Waals surface area (Å²) >= 11 is 0. The third kappa shape index (κ3) is 3.65. The van der Waals surface area contributed by atoms with Crippen LogP contribution in [0, 0.1) is 0 Å². The minimum absolute atomic E-state index is 0.241. The predicted octanol–water partition coefficient (Wildman–Crippen LogP) is -2.60. The average Bonchev–Trinajstić information content (AvgIpc) is 2.94. The van der Waals surface area contributed by atoms with E-state index in [1.165, 1.54) is 25.9 Å². The molecule has 2 aliphatic rings. The predicted molar refractivity (Wildman–Crippen MR) is 59.0 cm³/mol. The Morgan fingerprint density at radius 1 is 0.875 bits per heavy atom. The fourth-order valence-electron chi connectivity index (χ4n) is 1.89. The lowest BCUT2D eigenvalue weighted by atomic mass is 10.1. The van der Waals surface area contributed by atoms with Gasteiger partial charge in [-0.25, -0.2) is 0 Å². The third-order valence-corrected chi connectivity index (χ3v) is 2.95. The van der Waals surface area contributed by atoms with Crippen molar-refractivity contribution in [3.63, 3.8) is 0 Å². The lowest BCUT2D eigenvalue weighted by Crippen LogP contribution is -2.37. The normalized spacial score (nSPS) is 38.2. The van der Waals surface area contributed by atoms with E-state index in [2.05, 4.69) is 10.6 Å². The molecule has 0 spiro atoms.